The van der Waals surface area contributed by atoms with Crippen LogP contribution < -0.4 is 5.32 Å². The van der Waals surface area contributed by atoms with Crippen LogP contribution in [0.2, 0.25) is 0 Å². The fraction of sp³-hybridized carbons (Fsp3) is 0.882. The Morgan fingerprint density at radius 3 is 2.11 bits per heavy atom. The molecule has 2 heteroatoms. The summed E-state index contributed by atoms with van der Waals surface area (Å²) >= 11 is 0. The van der Waals surface area contributed by atoms with Crippen LogP contribution in [0.1, 0.15) is 71.6 Å². The average Bonchev–Trinajstić information content (AvgIpc) is 2.39. The van der Waals surface area contributed by atoms with Gasteiger partial charge >= 0.3 is 0 Å². The molecular weight excluding hydrogens is 234 g/mol. The van der Waals surface area contributed by atoms with Gasteiger partial charge in [0.2, 0.25) is 0 Å². The van der Waals surface area contributed by atoms with Gasteiger partial charge in [-0.1, -0.05) is 52.0 Å². The largest absolute Gasteiger partial charge is 0.395 e. The number of hydrogen-bond acceptors (Lipinski definition) is 2. The number of unbranched alkanes of at least 4 members (excludes halogenated alkanes) is 7. The van der Waals surface area contributed by atoms with E-state index in [9.17, 15) is 5.11 Å². The summed E-state index contributed by atoms with van der Waals surface area (Å²) < 4.78 is 0. The highest BCUT2D eigenvalue weighted by molar-refractivity contribution is 4.67. The number of allylic oxidation sites excluding steroid dienone is 1. The van der Waals surface area contributed by atoms with Gasteiger partial charge in [0.1, 0.15) is 0 Å². The van der Waals surface area contributed by atoms with Crippen LogP contribution in [0.3, 0.4) is 0 Å². The Balaban J connectivity index is 3.23. The van der Waals surface area contributed by atoms with Crippen molar-refractivity contribution in [1.29, 1.82) is 0 Å². The normalized spacial score (nSPS) is 12.8. The maximum absolute atomic E-state index is 9.25. The fourth-order valence-electron chi connectivity index (χ4n) is 2.40. The molecule has 0 aliphatic heterocycles. The van der Waals surface area contributed by atoms with E-state index in [1.807, 2.05) is 6.08 Å². The second-order valence-electron chi connectivity index (χ2n) is 6.02. The summed E-state index contributed by atoms with van der Waals surface area (Å²) in [5.74, 6) is 0.653. The van der Waals surface area contributed by atoms with Crippen LogP contribution in [-0.2, 0) is 0 Å². The van der Waals surface area contributed by atoms with Crippen LogP contribution >= 0.6 is 0 Å². The molecule has 0 aromatic heterocycles. The van der Waals surface area contributed by atoms with Crippen LogP contribution in [0.15, 0.2) is 12.7 Å². The molecule has 0 amide bonds. The molecule has 0 radical (unpaired) electrons. The molecular formula is C17H35NO. The molecule has 0 spiro atoms. The average molecular weight is 269 g/mol. The first-order chi connectivity index (χ1) is 9.20. The lowest BCUT2D eigenvalue weighted by atomic mass is 10.0. The van der Waals surface area contributed by atoms with Gasteiger partial charge in [-0.3, -0.25) is 0 Å². The number of rotatable bonds is 14. The maximum atomic E-state index is 9.25. The van der Waals surface area contributed by atoms with Crippen molar-refractivity contribution in [3.05, 3.63) is 12.7 Å². The van der Waals surface area contributed by atoms with E-state index in [0.717, 1.165) is 13.0 Å². The molecule has 0 heterocycles. The van der Waals surface area contributed by atoms with Crippen LogP contribution in [0.4, 0.5) is 0 Å². The second-order valence-corrected chi connectivity index (χ2v) is 6.02. The summed E-state index contributed by atoms with van der Waals surface area (Å²) in [6, 6.07) is 0.291. The predicted octanol–water partition coefficient (Wildman–Crippen LogP) is 4.29. The lowest BCUT2D eigenvalue weighted by Crippen LogP contribution is -2.34. The van der Waals surface area contributed by atoms with Crippen molar-refractivity contribution in [3.8, 4) is 0 Å². The van der Waals surface area contributed by atoms with E-state index < -0.39 is 0 Å². The summed E-state index contributed by atoms with van der Waals surface area (Å²) in [7, 11) is 0. The maximum Gasteiger partial charge on any atom is 0.0584 e. The third-order valence-electron chi connectivity index (χ3n) is 3.49. The Kier molecular flexibility index (Phi) is 13.8. The lowest BCUT2D eigenvalue weighted by molar-refractivity contribution is 0.224. The highest BCUT2D eigenvalue weighted by atomic mass is 16.3. The monoisotopic (exact) mass is 269 g/mol. The molecule has 0 saturated heterocycles. The highest BCUT2D eigenvalue weighted by Crippen LogP contribution is 2.09. The standard InChI is InChI=1S/C17H35NO/c1-4-5-6-7-8-9-10-11-12-13-18-17(15-19)14-16(2)3/h4,16-19H,1,5-15H2,2-3H3/t17-/m0/s1. The molecule has 0 aromatic carbocycles. The third kappa shape index (κ3) is 13.9. The van der Waals surface area contributed by atoms with Gasteiger partial charge in [0.05, 0.1) is 6.61 Å². The Hall–Kier alpha value is -0.340. The molecule has 0 rings (SSSR count). The van der Waals surface area contributed by atoms with E-state index >= 15 is 0 Å². The summed E-state index contributed by atoms with van der Waals surface area (Å²) in [6.07, 6.45) is 13.5. The molecule has 2 nitrogen and oxygen atoms in total. The van der Waals surface area contributed by atoms with Gasteiger partial charge in [-0.2, -0.15) is 0 Å². The van der Waals surface area contributed by atoms with Crippen molar-refractivity contribution in [3.63, 3.8) is 0 Å². The molecule has 114 valence electrons. The number of nitrogens with one attached hydrogen (secondary N) is 1. The molecule has 0 aromatic rings. The van der Waals surface area contributed by atoms with Gasteiger partial charge in [0.15, 0.2) is 0 Å². The van der Waals surface area contributed by atoms with E-state index in [1.54, 1.807) is 0 Å². The van der Waals surface area contributed by atoms with Crippen molar-refractivity contribution in [1.82, 2.24) is 5.32 Å². The molecule has 19 heavy (non-hydrogen) atoms. The molecule has 0 aliphatic rings. The van der Waals surface area contributed by atoms with E-state index in [2.05, 4.69) is 25.7 Å². The molecule has 0 unspecified atom stereocenters. The van der Waals surface area contributed by atoms with Crippen molar-refractivity contribution in [2.45, 2.75) is 77.7 Å². The lowest BCUT2D eigenvalue weighted by Gasteiger charge is -2.18. The number of aliphatic hydroxyl groups is 1. The number of aliphatic hydroxyl groups excluding tert-OH is 1. The van der Waals surface area contributed by atoms with E-state index in [0.29, 0.717) is 12.0 Å². The van der Waals surface area contributed by atoms with E-state index in [-0.39, 0.29) is 6.61 Å². The topological polar surface area (TPSA) is 32.3 Å². The van der Waals surface area contributed by atoms with Gasteiger partial charge < -0.3 is 10.4 Å². The van der Waals surface area contributed by atoms with E-state index in [1.165, 1.54) is 51.4 Å². The molecule has 0 aliphatic carbocycles. The first-order valence-electron chi connectivity index (χ1n) is 8.15. The molecule has 2 N–H and O–H groups in total. The van der Waals surface area contributed by atoms with Crippen LogP contribution in [0.25, 0.3) is 0 Å². The van der Waals surface area contributed by atoms with Crippen molar-refractivity contribution in [2.75, 3.05) is 13.2 Å². The Labute approximate surface area is 120 Å². The second kappa shape index (κ2) is 14.1. The van der Waals surface area contributed by atoms with Crippen LogP contribution in [-0.4, -0.2) is 24.3 Å². The van der Waals surface area contributed by atoms with Gasteiger partial charge in [-0.25, -0.2) is 0 Å². The zero-order chi connectivity index (χ0) is 14.3. The van der Waals surface area contributed by atoms with Gasteiger partial charge in [-0.15, -0.1) is 6.58 Å². The predicted molar refractivity (Wildman–Crippen MR) is 85.5 cm³/mol. The van der Waals surface area contributed by atoms with Crippen molar-refractivity contribution < 1.29 is 5.11 Å². The SMILES string of the molecule is C=CCCCCCCCCCN[C@H](CO)CC(C)C. The van der Waals surface area contributed by atoms with Crippen LogP contribution in [0, 0.1) is 5.92 Å². The minimum absolute atomic E-state index is 0.265. The zero-order valence-corrected chi connectivity index (χ0v) is 13.2. The van der Waals surface area contributed by atoms with Crippen molar-refractivity contribution in [2.24, 2.45) is 5.92 Å². The minimum atomic E-state index is 0.265. The molecule has 1 atom stereocenters. The first-order valence-corrected chi connectivity index (χ1v) is 8.15. The highest BCUT2D eigenvalue weighted by Gasteiger charge is 2.07. The summed E-state index contributed by atoms with van der Waals surface area (Å²) in [5, 5.41) is 12.7. The summed E-state index contributed by atoms with van der Waals surface area (Å²) in [5.41, 5.74) is 0. The molecule has 0 fully saturated rings. The van der Waals surface area contributed by atoms with Gasteiger partial charge in [-0.05, 0) is 38.1 Å². The van der Waals surface area contributed by atoms with Crippen molar-refractivity contribution >= 4 is 0 Å². The Morgan fingerprint density at radius 2 is 1.58 bits per heavy atom. The quantitative estimate of drug-likeness (QED) is 0.364. The third-order valence-corrected chi connectivity index (χ3v) is 3.49. The van der Waals surface area contributed by atoms with Gasteiger partial charge in [0, 0.05) is 6.04 Å². The first kappa shape index (κ1) is 18.7. The fourth-order valence-corrected chi connectivity index (χ4v) is 2.40. The Morgan fingerprint density at radius 1 is 1.00 bits per heavy atom. The smallest absolute Gasteiger partial charge is 0.0584 e. The molecule has 0 saturated carbocycles. The molecule has 0 bridgehead atoms. The number of hydrogen-bond donors (Lipinski definition) is 2. The minimum Gasteiger partial charge on any atom is -0.395 e. The van der Waals surface area contributed by atoms with E-state index in [4.69, 9.17) is 0 Å². The summed E-state index contributed by atoms with van der Waals surface area (Å²) in [4.78, 5) is 0. The van der Waals surface area contributed by atoms with Gasteiger partial charge in [0.25, 0.3) is 0 Å². The summed E-state index contributed by atoms with van der Waals surface area (Å²) in [6.45, 7) is 9.47. The Bertz CT molecular complexity index is 192. The van der Waals surface area contributed by atoms with Crippen LogP contribution in [0.5, 0.6) is 0 Å². The zero-order valence-electron chi connectivity index (χ0n) is 13.2.